The maximum atomic E-state index is 13.1. The summed E-state index contributed by atoms with van der Waals surface area (Å²) in [6.07, 6.45) is 1.98. The molecule has 94 valence electrons. The third-order valence-electron chi connectivity index (χ3n) is 3.62. The number of nitrogens with one attached hydrogen (secondary N) is 1. The molecule has 1 aromatic rings. The van der Waals surface area contributed by atoms with Crippen LogP contribution in [-0.2, 0) is 0 Å². The lowest BCUT2D eigenvalue weighted by atomic mass is 9.82. The number of piperidine rings is 1. The molecule has 0 bridgehead atoms. The van der Waals surface area contributed by atoms with Crippen molar-refractivity contribution < 1.29 is 13.2 Å². The van der Waals surface area contributed by atoms with Crippen LogP contribution >= 0.6 is 0 Å². The van der Waals surface area contributed by atoms with Crippen LogP contribution in [0.1, 0.15) is 31.2 Å². The number of hydrogen-bond acceptors (Lipinski definition) is 1. The Morgan fingerprint density at radius 3 is 2.18 bits per heavy atom. The van der Waals surface area contributed by atoms with Gasteiger partial charge in [-0.1, -0.05) is 6.92 Å². The van der Waals surface area contributed by atoms with Gasteiger partial charge in [-0.2, -0.15) is 0 Å². The molecule has 1 fully saturated rings. The van der Waals surface area contributed by atoms with Crippen LogP contribution in [0, 0.1) is 23.4 Å². The second-order valence-electron chi connectivity index (χ2n) is 4.67. The molecule has 1 aromatic carbocycles. The summed E-state index contributed by atoms with van der Waals surface area (Å²) in [5.41, 5.74) is 0.549. The third-order valence-corrected chi connectivity index (χ3v) is 3.62. The first-order chi connectivity index (χ1) is 8.09. The molecule has 0 amide bonds. The Morgan fingerprint density at radius 1 is 1.12 bits per heavy atom. The van der Waals surface area contributed by atoms with Crippen molar-refractivity contribution in [3.8, 4) is 0 Å². The van der Waals surface area contributed by atoms with Gasteiger partial charge in [0.2, 0.25) is 0 Å². The van der Waals surface area contributed by atoms with Crippen molar-refractivity contribution in [2.45, 2.75) is 25.7 Å². The zero-order chi connectivity index (χ0) is 12.4. The van der Waals surface area contributed by atoms with Crippen LogP contribution in [0.5, 0.6) is 0 Å². The Balaban J connectivity index is 2.21. The molecule has 1 nitrogen and oxygen atoms in total. The summed E-state index contributed by atoms with van der Waals surface area (Å²) < 4.78 is 39.1. The van der Waals surface area contributed by atoms with Gasteiger partial charge >= 0.3 is 0 Å². The third kappa shape index (κ3) is 2.63. The summed E-state index contributed by atoms with van der Waals surface area (Å²) in [6.45, 7) is 3.81. The normalized spacial score (nSPS) is 19.3. The fraction of sp³-hybridized carbons (Fsp3) is 0.538. The van der Waals surface area contributed by atoms with Crippen LogP contribution < -0.4 is 5.32 Å². The van der Waals surface area contributed by atoms with Crippen LogP contribution in [0.15, 0.2) is 12.1 Å². The average molecular weight is 243 g/mol. The monoisotopic (exact) mass is 243 g/mol. The Bertz CT molecular complexity index is 377. The van der Waals surface area contributed by atoms with Crippen LogP contribution in [-0.4, -0.2) is 13.1 Å². The second kappa shape index (κ2) is 5.08. The van der Waals surface area contributed by atoms with Gasteiger partial charge in [0.15, 0.2) is 17.5 Å². The van der Waals surface area contributed by atoms with E-state index < -0.39 is 17.5 Å². The summed E-state index contributed by atoms with van der Waals surface area (Å²) in [5.74, 6) is -3.12. The molecule has 0 saturated carbocycles. The van der Waals surface area contributed by atoms with E-state index in [0.29, 0.717) is 11.5 Å². The maximum absolute atomic E-state index is 13.1. The highest BCUT2D eigenvalue weighted by molar-refractivity contribution is 5.23. The summed E-state index contributed by atoms with van der Waals surface area (Å²) in [5, 5.41) is 3.24. The van der Waals surface area contributed by atoms with Gasteiger partial charge in [0, 0.05) is 0 Å². The van der Waals surface area contributed by atoms with Gasteiger partial charge in [-0.05, 0) is 55.5 Å². The van der Waals surface area contributed by atoms with Gasteiger partial charge < -0.3 is 5.32 Å². The minimum absolute atomic E-state index is 0.0571. The van der Waals surface area contributed by atoms with Crippen molar-refractivity contribution in [3.63, 3.8) is 0 Å². The minimum Gasteiger partial charge on any atom is -0.317 e. The van der Waals surface area contributed by atoms with E-state index in [9.17, 15) is 13.2 Å². The SMILES string of the molecule is CC(c1cc(F)c(F)c(F)c1)C1CCNCC1. The number of halogens is 3. The zero-order valence-corrected chi connectivity index (χ0v) is 9.77. The van der Waals surface area contributed by atoms with E-state index in [1.54, 1.807) is 0 Å². The summed E-state index contributed by atoms with van der Waals surface area (Å²) in [7, 11) is 0. The molecular formula is C13H16F3N. The van der Waals surface area contributed by atoms with E-state index in [-0.39, 0.29) is 5.92 Å². The van der Waals surface area contributed by atoms with Gasteiger partial charge in [0.1, 0.15) is 0 Å². The molecule has 2 rings (SSSR count). The van der Waals surface area contributed by atoms with Crippen molar-refractivity contribution in [3.05, 3.63) is 35.1 Å². The topological polar surface area (TPSA) is 12.0 Å². The van der Waals surface area contributed by atoms with Gasteiger partial charge in [0.05, 0.1) is 0 Å². The Hall–Kier alpha value is -1.03. The van der Waals surface area contributed by atoms with Crippen molar-refractivity contribution >= 4 is 0 Å². The largest absolute Gasteiger partial charge is 0.317 e. The van der Waals surface area contributed by atoms with E-state index in [4.69, 9.17) is 0 Å². The molecule has 0 spiro atoms. The van der Waals surface area contributed by atoms with Gasteiger partial charge in [-0.15, -0.1) is 0 Å². The molecule has 17 heavy (non-hydrogen) atoms. The maximum Gasteiger partial charge on any atom is 0.194 e. The molecule has 0 radical (unpaired) electrons. The molecular weight excluding hydrogens is 227 g/mol. The predicted octanol–water partition coefficient (Wildman–Crippen LogP) is 3.21. The van der Waals surface area contributed by atoms with Crippen LogP contribution in [0.4, 0.5) is 13.2 Å². The minimum atomic E-state index is -1.38. The lowest BCUT2D eigenvalue weighted by Gasteiger charge is -2.28. The number of hydrogen-bond donors (Lipinski definition) is 1. The van der Waals surface area contributed by atoms with E-state index in [0.717, 1.165) is 38.1 Å². The first-order valence-corrected chi connectivity index (χ1v) is 5.94. The van der Waals surface area contributed by atoms with Crippen LogP contribution in [0.25, 0.3) is 0 Å². The standard InChI is InChI=1S/C13H16F3N/c1-8(9-2-4-17-5-3-9)10-6-11(14)13(16)12(15)7-10/h6-9,17H,2-5H2,1H3. The molecule has 1 aliphatic heterocycles. The first-order valence-electron chi connectivity index (χ1n) is 5.94. The first kappa shape index (κ1) is 12.4. The molecule has 0 aromatic heterocycles. The second-order valence-corrected chi connectivity index (χ2v) is 4.67. The van der Waals surface area contributed by atoms with Gasteiger partial charge in [-0.25, -0.2) is 13.2 Å². The Labute approximate surface area is 99.0 Å². The van der Waals surface area contributed by atoms with Crippen molar-refractivity contribution in [2.24, 2.45) is 5.92 Å². The molecule has 4 heteroatoms. The molecule has 0 aliphatic carbocycles. The molecule has 1 N–H and O–H groups in total. The highest BCUT2D eigenvalue weighted by Gasteiger charge is 2.23. The molecule has 1 aliphatic rings. The molecule has 1 saturated heterocycles. The number of benzene rings is 1. The van der Waals surface area contributed by atoms with Crippen molar-refractivity contribution in [2.75, 3.05) is 13.1 Å². The van der Waals surface area contributed by atoms with Gasteiger partial charge in [-0.3, -0.25) is 0 Å². The lowest BCUT2D eigenvalue weighted by molar-refractivity contribution is 0.328. The lowest BCUT2D eigenvalue weighted by Crippen LogP contribution is -2.30. The smallest absolute Gasteiger partial charge is 0.194 e. The highest BCUT2D eigenvalue weighted by atomic mass is 19.2. The van der Waals surface area contributed by atoms with E-state index in [1.165, 1.54) is 0 Å². The van der Waals surface area contributed by atoms with E-state index >= 15 is 0 Å². The molecule has 1 heterocycles. The van der Waals surface area contributed by atoms with Crippen LogP contribution in [0.3, 0.4) is 0 Å². The van der Waals surface area contributed by atoms with Crippen molar-refractivity contribution in [1.82, 2.24) is 5.32 Å². The summed E-state index contributed by atoms with van der Waals surface area (Å²) in [6, 6.07) is 2.23. The van der Waals surface area contributed by atoms with E-state index in [2.05, 4.69) is 5.32 Å². The Morgan fingerprint density at radius 2 is 1.65 bits per heavy atom. The quantitative estimate of drug-likeness (QED) is 0.786. The fourth-order valence-electron chi connectivity index (χ4n) is 2.45. The zero-order valence-electron chi connectivity index (χ0n) is 9.77. The number of rotatable bonds is 2. The summed E-state index contributed by atoms with van der Waals surface area (Å²) >= 11 is 0. The molecule has 1 atom stereocenters. The summed E-state index contributed by atoms with van der Waals surface area (Å²) in [4.78, 5) is 0. The van der Waals surface area contributed by atoms with Crippen LogP contribution in [0.2, 0.25) is 0 Å². The van der Waals surface area contributed by atoms with Crippen molar-refractivity contribution in [1.29, 1.82) is 0 Å². The predicted molar refractivity (Wildman–Crippen MR) is 60.3 cm³/mol. The fourth-order valence-corrected chi connectivity index (χ4v) is 2.45. The Kier molecular flexibility index (Phi) is 3.72. The molecule has 1 unspecified atom stereocenters. The average Bonchev–Trinajstić information content (AvgIpc) is 2.35. The van der Waals surface area contributed by atoms with Gasteiger partial charge in [0.25, 0.3) is 0 Å². The van der Waals surface area contributed by atoms with E-state index in [1.807, 2.05) is 6.92 Å². The highest BCUT2D eigenvalue weighted by Crippen LogP contribution is 2.31.